The summed E-state index contributed by atoms with van der Waals surface area (Å²) in [5.74, 6) is 1.68. The molecule has 0 aliphatic rings. The molecular weight excluding hydrogens is 384 g/mol. The summed E-state index contributed by atoms with van der Waals surface area (Å²) in [4.78, 5) is 0. The van der Waals surface area contributed by atoms with Crippen molar-refractivity contribution in [3.8, 4) is 0 Å². The van der Waals surface area contributed by atoms with Crippen LogP contribution in [0.15, 0.2) is 11.7 Å². The van der Waals surface area contributed by atoms with Crippen LogP contribution in [-0.2, 0) is 13.3 Å². The van der Waals surface area contributed by atoms with Crippen molar-refractivity contribution in [1.29, 1.82) is 0 Å². The monoisotopic (exact) mass is 432 g/mol. The predicted molar refractivity (Wildman–Crippen MR) is 128 cm³/mol. The Morgan fingerprint density at radius 1 is 0.519 bits per heavy atom. The van der Waals surface area contributed by atoms with Gasteiger partial charge in [0.05, 0.1) is 0 Å². The first-order valence-corrected chi connectivity index (χ1v) is 21.3. The summed E-state index contributed by atoms with van der Waals surface area (Å²) in [5.41, 5.74) is 0. The summed E-state index contributed by atoms with van der Waals surface area (Å²) >= 11 is 0. The molecule has 3 nitrogen and oxygen atoms in total. The highest BCUT2D eigenvalue weighted by atomic mass is 28.4. The highest BCUT2D eigenvalue weighted by Gasteiger charge is 2.29. The predicted octanol–water partition coefficient (Wildman–Crippen LogP) is 8.24. The van der Waals surface area contributed by atoms with E-state index in [4.69, 9.17) is 13.3 Å². The van der Waals surface area contributed by atoms with Crippen LogP contribution >= 0.6 is 0 Å². The van der Waals surface area contributed by atoms with E-state index < -0.39 is 25.0 Å². The molecule has 0 rings (SSSR count). The van der Waals surface area contributed by atoms with E-state index in [1.165, 1.54) is 44.9 Å². The second-order valence-corrected chi connectivity index (χ2v) is 23.9. The Balaban J connectivity index is 5.00. The molecule has 0 fully saturated rings. The molecule has 0 aromatic carbocycles. The zero-order valence-electron chi connectivity index (χ0n) is 20.1. The zero-order chi connectivity index (χ0) is 21.1. The van der Waals surface area contributed by atoms with Gasteiger partial charge in [-0.2, -0.15) is 0 Å². The highest BCUT2D eigenvalue weighted by molar-refractivity contribution is 6.71. The first kappa shape index (κ1) is 26.8. The van der Waals surface area contributed by atoms with Crippen molar-refractivity contribution < 1.29 is 13.3 Å². The molecule has 0 radical (unpaired) electrons. The topological polar surface area (TPSA) is 27.7 Å². The third-order valence-corrected chi connectivity index (χ3v) is 6.17. The van der Waals surface area contributed by atoms with E-state index in [0.29, 0.717) is 5.95 Å². The van der Waals surface area contributed by atoms with Gasteiger partial charge in [0.2, 0.25) is 25.0 Å². The van der Waals surface area contributed by atoms with E-state index in [1.807, 2.05) is 0 Å². The molecule has 0 unspecified atom stereocenters. The minimum absolute atomic E-state index is 0.707. The van der Waals surface area contributed by atoms with Gasteiger partial charge in [-0.1, -0.05) is 51.9 Å². The van der Waals surface area contributed by atoms with Crippen LogP contribution in [0.1, 0.15) is 64.7 Å². The SMILES string of the molecule is CCCCCCCCCCC(O[Si](C)(C)C)=C(O[Si](C)(C)C)O[Si](C)(C)C. The molecular formula is C21H48O3Si3. The van der Waals surface area contributed by atoms with Crippen LogP contribution < -0.4 is 0 Å². The van der Waals surface area contributed by atoms with Gasteiger partial charge in [0, 0.05) is 6.42 Å². The minimum Gasteiger partial charge on any atom is -0.542 e. The fourth-order valence-electron chi connectivity index (χ4n) is 2.67. The highest BCUT2D eigenvalue weighted by Crippen LogP contribution is 2.27. The summed E-state index contributed by atoms with van der Waals surface area (Å²) in [6.07, 6.45) is 11.5. The van der Waals surface area contributed by atoms with Gasteiger partial charge in [0.1, 0.15) is 0 Å². The van der Waals surface area contributed by atoms with E-state index >= 15 is 0 Å². The lowest BCUT2D eigenvalue weighted by Gasteiger charge is -2.31. The molecule has 0 saturated heterocycles. The van der Waals surface area contributed by atoms with Gasteiger partial charge in [-0.05, 0) is 65.3 Å². The smallest absolute Gasteiger partial charge is 0.289 e. The molecule has 0 aromatic rings. The Morgan fingerprint density at radius 2 is 0.889 bits per heavy atom. The molecule has 0 heterocycles. The van der Waals surface area contributed by atoms with E-state index in [0.717, 1.165) is 18.6 Å². The Kier molecular flexibility index (Phi) is 12.3. The van der Waals surface area contributed by atoms with Gasteiger partial charge in [0.25, 0.3) is 5.95 Å². The molecule has 0 bridgehead atoms. The van der Waals surface area contributed by atoms with Gasteiger partial charge in [0.15, 0.2) is 5.76 Å². The molecule has 0 aliphatic heterocycles. The number of hydrogen-bond acceptors (Lipinski definition) is 3. The van der Waals surface area contributed by atoms with Gasteiger partial charge < -0.3 is 13.3 Å². The number of unbranched alkanes of at least 4 members (excludes halogenated alkanes) is 7. The molecule has 0 N–H and O–H groups in total. The third kappa shape index (κ3) is 17.6. The molecule has 162 valence electrons. The molecule has 0 atom stereocenters. The largest absolute Gasteiger partial charge is 0.542 e. The lowest BCUT2D eigenvalue weighted by atomic mass is 10.1. The summed E-state index contributed by atoms with van der Waals surface area (Å²) in [7, 11) is -5.22. The fraction of sp³-hybridized carbons (Fsp3) is 0.905. The normalized spacial score (nSPS) is 12.7. The Labute approximate surface area is 173 Å². The molecule has 0 spiro atoms. The van der Waals surface area contributed by atoms with Gasteiger partial charge in [-0.3, -0.25) is 0 Å². The Hall–Kier alpha value is -0.209. The summed E-state index contributed by atoms with van der Waals surface area (Å²) < 4.78 is 19.2. The van der Waals surface area contributed by atoms with Gasteiger partial charge in [-0.15, -0.1) is 0 Å². The van der Waals surface area contributed by atoms with Crippen molar-refractivity contribution in [3.05, 3.63) is 11.7 Å². The van der Waals surface area contributed by atoms with Crippen LogP contribution in [0.3, 0.4) is 0 Å². The molecule has 0 aliphatic carbocycles. The quantitative estimate of drug-likeness (QED) is 0.148. The van der Waals surface area contributed by atoms with Crippen LogP contribution in [0.2, 0.25) is 58.9 Å². The standard InChI is InChI=1S/C21H48O3Si3/c1-11-12-13-14-15-16-17-18-19-20(22-25(2,3)4)21(23-26(5,6)7)24-27(8,9)10/h11-19H2,1-10H3. The zero-order valence-corrected chi connectivity index (χ0v) is 23.1. The van der Waals surface area contributed by atoms with E-state index in [2.05, 4.69) is 65.8 Å². The molecule has 0 amide bonds. The number of allylic oxidation sites excluding steroid dienone is 1. The van der Waals surface area contributed by atoms with Crippen molar-refractivity contribution in [2.24, 2.45) is 0 Å². The molecule has 0 aromatic heterocycles. The maximum atomic E-state index is 6.46. The lowest BCUT2D eigenvalue weighted by Crippen LogP contribution is -2.34. The summed E-state index contributed by atoms with van der Waals surface area (Å²) in [6.45, 7) is 22.3. The van der Waals surface area contributed by atoms with E-state index in [1.54, 1.807) is 0 Å². The summed E-state index contributed by atoms with van der Waals surface area (Å²) in [5, 5.41) is 0. The van der Waals surface area contributed by atoms with Crippen LogP contribution in [0.25, 0.3) is 0 Å². The average Bonchev–Trinajstić information content (AvgIpc) is 2.44. The van der Waals surface area contributed by atoms with E-state index in [-0.39, 0.29) is 0 Å². The van der Waals surface area contributed by atoms with E-state index in [9.17, 15) is 0 Å². The first-order chi connectivity index (χ1) is 12.2. The van der Waals surface area contributed by atoms with Gasteiger partial charge >= 0.3 is 0 Å². The van der Waals surface area contributed by atoms with Crippen LogP contribution in [0.4, 0.5) is 0 Å². The fourth-order valence-corrected chi connectivity index (χ4v) is 5.11. The molecule has 27 heavy (non-hydrogen) atoms. The third-order valence-electron chi connectivity index (χ3n) is 3.71. The van der Waals surface area contributed by atoms with Crippen LogP contribution in [0, 0.1) is 0 Å². The van der Waals surface area contributed by atoms with Crippen molar-refractivity contribution >= 4 is 25.0 Å². The number of hydrogen-bond donors (Lipinski definition) is 0. The molecule has 0 saturated carbocycles. The maximum absolute atomic E-state index is 6.46. The second-order valence-electron chi connectivity index (χ2n) is 10.6. The van der Waals surface area contributed by atoms with Crippen molar-refractivity contribution in [2.75, 3.05) is 0 Å². The minimum atomic E-state index is -1.76. The van der Waals surface area contributed by atoms with Crippen molar-refractivity contribution in [3.63, 3.8) is 0 Å². The van der Waals surface area contributed by atoms with Crippen molar-refractivity contribution in [1.82, 2.24) is 0 Å². The average molecular weight is 433 g/mol. The summed E-state index contributed by atoms with van der Waals surface area (Å²) in [6, 6.07) is 0. The van der Waals surface area contributed by atoms with Crippen molar-refractivity contribution in [2.45, 2.75) is 124 Å². The Morgan fingerprint density at radius 3 is 1.26 bits per heavy atom. The molecule has 6 heteroatoms. The Bertz CT molecular complexity index is 411. The van der Waals surface area contributed by atoms with Crippen LogP contribution in [-0.4, -0.2) is 25.0 Å². The second kappa shape index (κ2) is 12.4. The number of rotatable bonds is 15. The maximum Gasteiger partial charge on any atom is 0.289 e. The first-order valence-electron chi connectivity index (χ1n) is 11.0. The van der Waals surface area contributed by atoms with Gasteiger partial charge in [-0.25, -0.2) is 0 Å². The van der Waals surface area contributed by atoms with Crippen LogP contribution in [0.5, 0.6) is 0 Å². The lowest BCUT2D eigenvalue weighted by molar-refractivity contribution is 0.179.